The van der Waals surface area contributed by atoms with Crippen molar-refractivity contribution in [2.45, 2.75) is 58.8 Å². The summed E-state index contributed by atoms with van der Waals surface area (Å²) in [6.07, 6.45) is 4.79. The van der Waals surface area contributed by atoms with Gasteiger partial charge in [-0.1, -0.05) is 25.6 Å². The van der Waals surface area contributed by atoms with E-state index in [1.165, 1.54) is 28.8 Å². The number of anilines is 2. The maximum absolute atomic E-state index is 16.3. The Bertz CT molecular complexity index is 2160. The number of nitrogens with zero attached hydrogens (tertiary/aromatic N) is 9. The summed E-state index contributed by atoms with van der Waals surface area (Å²) in [5.41, 5.74) is 2.02. The lowest BCUT2D eigenvalue weighted by Crippen LogP contribution is -2.58. The Balaban J connectivity index is 1.52. The van der Waals surface area contributed by atoms with Gasteiger partial charge in [0.1, 0.15) is 28.8 Å². The second-order valence-corrected chi connectivity index (χ2v) is 12.6. The topological polar surface area (TPSA) is 127 Å². The third-order valence-corrected chi connectivity index (χ3v) is 8.88. The van der Waals surface area contributed by atoms with Gasteiger partial charge in [0, 0.05) is 42.6 Å². The number of benzene rings is 1. The number of aromatic nitrogens is 7. The molecule has 12 nitrogen and oxygen atoms in total. The van der Waals surface area contributed by atoms with Crippen LogP contribution in [-0.2, 0) is 17.9 Å². The predicted molar refractivity (Wildman–Crippen MR) is 177 cm³/mol. The van der Waals surface area contributed by atoms with Gasteiger partial charge in [-0.25, -0.2) is 27.8 Å². The quantitative estimate of drug-likeness (QED) is 0.282. The van der Waals surface area contributed by atoms with Crippen LogP contribution in [0.25, 0.3) is 28.0 Å². The monoisotopic (exact) mass is 652 g/mol. The zero-order valence-electron chi connectivity index (χ0n) is 27.0. The van der Waals surface area contributed by atoms with Crippen LogP contribution in [0.15, 0.2) is 60.2 Å². The summed E-state index contributed by atoms with van der Waals surface area (Å²) < 4.78 is 34.8. The minimum absolute atomic E-state index is 0.0815. The van der Waals surface area contributed by atoms with Crippen LogP contribution in [0.2, 0.25) is 0 Å². The van der Waals surface area contributed by atoms with Gasteiger partial charge in [0.15, 0.2) is 5.65 Å². The molecule has 7 rings (SSSR count). The number of rotatable bonds is 3. The van der Waals surface area contributed by atoms with E-state index in [1.807, 2.05) is 38.7 Å². The Hall–Kier alpha value is -5.53. The van der Waals surface area contributed by atoms with E-state index in [0.717, 1.165) is 5.56 Å². The SMILES string of the molecule is C=CC(=O)N1C[C@H](C)N(c2nc(=O)n3c4nc(c(F)cc24)-c2cc(ccc2F)NCc2cn(nn2)Cc2cnc(C(C)C)c-3c2)C[C@H]1C. The van der Waals surface area contributed by atoms with E-state index >= 15 is 8.78 Å². The van der Waals surface area contributed by atoms with Crippen molar-refractivity contribution in [2.75, 3.05) is 23.3 Å². The van der Waals surface area contributed by atoms with E-state index in [1.54, 1.807) is 28.0 Å². The molecule has 2 aliphatic rings. The number of hydrogen-bond acceptors (Lipinski definition) is 9. The fourth-order valence-corrected chi connectivity index (χ4v) is 6.49. The van der Waals surface area contributed by atoms with E-state index in [9.17, 15) is 9.59 Å². The molecule has 1 fully saturated rings. The van der Waals surface area contributed by atoms with Crippen LogP contribution in [0, 0.1) is 11.6 Å². The van der Waals surface area contributed by atoms with Gasteiger partial charge >= 0.3 is 5.69 Å². The standard InChI is InChI=1S/C34H34F2N10O2/c1-6-29(47)44-14-20(5)45(15-19(44)4)32-25-11-27(36)31-24-10-22(7-8-26(24)35)37-13-23-17-43(42-41-23)16-21-9-28(30(18(2)3)38-12-21)46(33(25)39-31)34(48)40-32/h6-12,17-20,37H,1,13-16H2,2-5H3/t19-,20+/m1/s1. The molecule has 0 unspecified atom stereocenters. The summed E-state index contributed by atoms with van der Waals surface area (Å²) in [5, 5.41) is 11.9. The smallest absolute Gasteiger partial charge is 0.355 e. The Morgan fingerprint density at radius 2 is 1.90 bits per heavy atom. The van der Waals surface area contributed by atoms with Crippen LogP contribution in [0.3, 0.4) is 0 Å². The number of hydrogen-bond donors (Lipinski definition) is 1. The van der Waals surface area contributed by atoms with Crippen LogP contribution in [0.5, 0.6) is 0 Å². The van der Waals surface area contributed by atoms with Gasteiger partial charge in [0.25, 0.3) is 0 Å². The first-order valence-corrected chi connectivity index (χ1v) is 15.8. The molecular weight excluding hydrogens is 618 g/mol. The van der Waals surface area contributed by atoms with Crippen molar-refractivity contribution < 1.29 is 13.6 Å². The number of piperazine rings is 1. The van der Waals surface area contributed by atoms with Crippen molar-refractivity contribution in [1.29, 1.82) is 0 Å². The summed E-state index contributed by atoms with van der Waals surface area (Å²) in [5.74, 6) is -1.55. The first-order chi connectivity index (χ1) is 23.0. The van der Waals surface area contributed by atoms with Crippen LogP contribution in [0.4, 0.5) is 20.3 Å². The molecule has 0 aliphatic carbocycles. The average molecular weight is 653 g/mol. The highest BCUT2D eigenvalue weighted by atomic mass is 19.1. The normalized spacial score (nSPS) is 17.6. The number of halogens is 2. The molecule has 5 aromatic rings. The maximum atomic E-state index is 16.3. The van der Waals surface area contributed by atoms with Crippen molar-refractivity contribution in [2.24, 2.45) is 0 Å². The molecule has 48 heavy (non-hydrogen) atoms. The third-order valence-electron chi connectivity index (χ3n) is 8.88. The fraction of sp³-hybridized carbons (Fsp3) is 0.324. The van der Waals surface area contributed by atoms with E-state index in [4.69, 9.17) is 9.97 Å². The summed E-state index contributed by atoms with van der Waals surface area (Å²) in [6.45, 7) is 12.6. The molecule has 1 aromatic carbocycles. The number of fused-ring (bicyclic) bond motifs is 9. The number of amides is 1. The number of carbonyl (C=O) groups is 1. The van der Waals surface area contributed by atoms with Gasteiger partial charge < -0.3 is 15.1 Å². The molecule has 246 valence electrons. The van der Waals surface area contributed by atoms with Crippen molar-refractivity contribution >= 4 is 28.4 Å². The molecular formula is C34H34F2N10O2. The highest BCUT2D eigenvalue weighted by Crippen LogP contribution is 2.35. The second kappa shape index (κ2) is 11.9. The summed E-state index contributed by atoms with van der Waals surface area (Å²) in [4.78, 5) is 44.4. The van der Waals surface area contributed by atoms with Gasteiger partial charge in [-0.05, 0) is 61.7 Å². The van der Waals surface area contributed by atoms with Gasteiger partial charge in [-0.3, -0.25) is 9.78 Å². The Kier molecular flexibility index (Phi) is 7.72. The van der Waals surface area contributed by atoms with Gasteiger partial charge in [0.05, 0.1) is 36.1 Å². The van der Waals surface area contributed by atoms with Crippen LogP contribution < -0.4 is 15.9 Å². The molecule has 0 radical (unpaired) electrons. The Morgan fingerprint density at radius 1 is 1.08 bits per heavy atom. The Morgan fingerprint density at radius 3 is 2.67 bits per heavy atom. The maximum Gasteiger partial charge on any atom is 0.355 e. The molecule has 14 heteroatoms. The minimum atomic E-state index is -0.784. The lowest BCUT2D eigenvalue weighted by atomic mass is 10.0. The van der Waals surface area contributed by atoms with Gasteiger partial charge in [0.2, 0.25) is 5.91 Å². The van der Waals surface area contributed by atoms with Crippen LogP contribution in [0.1, 0.15) is 50.6 Å². The zero-order chi connectivity index (χ0) is 33.9. The first-order valence-electron chi connectivity index (χ1n) is 15.8. The minimum Gasteiger partial charge on any atom is -0.379 e. The first kappa shape index (κ1) is 31.1. The molecule has 1 amide bonds. The molecule has 2 aliphatic heterocycles. The average Bonchev–Trinajstić information content (AvgIpc) is 3.51. The Labute approximate surface area is 274 Å². The largest absolute Gasteiger partial charge is 0.379 e. The van der Waals surface area contributed by atoms with E-state index < -0.39 is 17.3 Å². The lowest BCUT2D eigenvalue weighted by Gasteiger charge is -2.44. The van der Waals surface area contributed by atoms with E-state index in [0.29, 0.717) is 48.9 Å². The molecule has 0 saturated carbocycles. The van der Waals surface area contributed by atoms with E-state index in [-0.39, 0.29) is 52.0 Å². The highest BCUT2D eigenvalue weighted by Gasteiger charge is 2.34. The van der Waals surface area contributed by atoms with Crippen molar-refractivity contribution in [3.8, 4) is 16.9 Å². The fourth-order valence-electron chi connectivity index (χ4n) is 6.49. The van der Waals surface area contributed by atoms with Crippen molar-refractivity contribution in [3.05, 3.63) is 94.5 Å². The number of nitrogens with one attached hydrogen (secondary N) is 1. The van der Waals surface area contributed by atoms with Gasteiger partial charge in [-0.2, -0.15) is 4.98 Å². The van der Waals surface area contributed by atoms with Crippen molar-refractivity contribution in [3.63, 3.8) is 0 Å². The molecule has 6 heterocycles. The third kappa shape index (κ3) is 5.36. The zero-order valence-corrected chi connectivity index (χ0v) is 27.0. The highest BCUT2D eigenvalue weighted by molar-refractivity contribution is 5.91. The molecule has 4 aromatic heterocycles. The lowest BCUT2D eigenvalue weighted by molar-refractivity contribution is -0.128. The molecule has 1 saturated heterocycles. The predicted octanol–water partition coefficient (Wildman–Crippen LogP) is 4.42. The summed E-state index contributed by atoms with van der Waals surface area (Å²) in [6, 6.07) is 6.82. The summed E-state index contributed by atoms with van der Waals surface area (Å²) in [7, 11) is 0. The van der Waals surface area contributed by atoms with Crippen molar-refractivity contribution in [1.82, 2.24) is 39.4 Å². The number of carbonyl (C=O) groups excluding carboxylic acids is 1. The van der Waals surface area contributed by atoms with Crippen LogP contribution in [-0.4, -0.2) is 70.5 Å². The molecule has 2 atom stereocenters. The molecule has 8 bridgehead atoms. The van der Waals surface area contributed by atoms with Gasteiger partial charge in [-0.15, -0.1) is 5.10 Å². The van der Waals surface area contributed by atoms with E-state index in [2.05, 4.69) is 27.2 Å². The molecule has 1 N–H and O–H groups in total. The van der Waals surface area contributed by atoms with Crippen LogP contribution >= 0.6 is 0 Å². The number of pyridine rings is 2. The second-order valence-electron chi connectivity index (χ2n) is 12.6. The molecule has 0 spiro atoms. The summed E-state index contributed by atoms with van der Waals surface area (Å²) >= 11 is 0.